The molecule has 0 atom stereocenters. The summed E-state index contributed by atoms with van der Waals surface area (Å²) >= 11 is 0. The van der Waals surface area contributed by atoms with Crippen molar-refractivity contribution in [2.24, 2.45) is 0 Å². The highest BCUT2D eigenvalue weighted by molar-refractivity contribution is 5.47. The maximum absolute atomic E-state index is 13.2. The Morgan fingerprint density at radius 2 is 1.68 bits per heavy atom. The SMILES string of the molecule is Cc1cc(C#Cc2ccc(F)c(CF)c2)ccc1OC(F)F. The Morgan fingerprint density at radius 3 is 2.27 bits per heavy atom. The minimum absolute atomic E-state index is 0.0522. The van der Waals surface area contributed by atoms with Gasteiger partial charge in [0.25, 0.3) is 0 Å². The van der Waals surface area contributed by atoms with E-state index in [1.165, 1.54) is 24.3 Å². The van der Waals surface area contributed by atoms with Crippen molar-refractivity contribution >= 4 is 0 Å². The first-order valence-corrected chi connectivity index (χ1v) is 6.41. The fraction of sp³-hybridized carbons (Fsp3) is 0.176. The average Bonchev–Trinajstić information content (AvgIpc) is 2.48. The van der Waals surface area contributed by atoms with Gasteiger partial charge in [0, 0.05) is 16.7 Å². The first-order chi connectivity index (χ1) is 10.5. The van der Waals surface area contributed by atoms with Gasteiger partial charge in [-0.1, -0.05) is 11.8 Å². The monoisotopic (exact) mass is 308 g/mol. The third kappa shape index (κ3) is 4.01. The molecule has 0 radical (unpaired) electrons. The van der Waals surface area contributed by atoms with Gasteiger partial charge in [0.15, 0.2) is 0 Å². The summed E-state index contributed by atoms with van der Waals surface area (Å²) in [5, 5.41) is 0. The molecule has 22 heavy (non-hydrogen) atoms. The van der Waals surface area contributed by atoms with Crippen molar-refractivity contribution in [2.45, 2.75) is 20.2 Å². The highest BCUT2D eigenvalue weighted by atomic mass is 19.3. The maximum Gasteiger partial charge on any atom is 0.387 e. The smallest absolute Gasteiger partial charge is 0.387 e. The lowest BCUT2D eigenvalue weighted by Gasteiger charge is -2.07. The molecule has 1 nitrogen and oxygen atoms in total. The van der Waals surface area contributed by atoms with E-state index in [1.54, 1.807) is 13.0 Å². The summed E-state index contributed by atoms with van der Waals surface area (Å²) in [7, 11) is 0. The van der Waals surface area contributed by atoms with Crippen LogP contribution in [-0.4, -0.2) is 6.61 Å². The van der Waals surface area contributed by atoms with Crippen LogP contribution in [0.4, 0.5) is 17.6 Å². The Morgan fingerprint density at radius 1 is 1.05 bits per heavy atom. The third-order valence-electron chi connectivity index (χ3n) is 2.93. The van der Waals surface area contributed by atoms with E-state index in [0.717, 1.165) is 6.07 Å². The number of benzene rings is 2. The molecule has 2 aromatic rings. The van der Waals surface area contributed by atoms with Gasteiger partial charge in [-0.05, 0) is 48.9 Å². The van der Waals surface area contributed by atoms with Crippen LogP contribution in [-0.2, 0) is 6.67 Å². The van der Waals surface area contributed by atoms with E-state index >= 15 is 0 Å². The summed E-state index contributed by atoms with van der Waals surface area (Å²) in [5.41, 5.74) is 1.53. The van der Waals surface area contributed by atoms with Gasteiger partial charge in [-0.3, -0.25) is 0 Å². The molecular weight excluding hydrogens is 296 g/mol. The first-order valence-electron chi connectivity index (χ1n) is 6.41. The van der Waals surface area contributed by atoms with Gasteiger partial charge in [0.1, 0.15) is 18.2 Å². The average molecular weight is 308 g/mol. The highest BCUT2D eigenvalue weighted by Gasteiger charge is 2.07. The van der Waals surface area contributed by atoms with Crippen LogP contribution in [0.15, 0.2) is 36.4 Å². The van der Waals surface area contributed by atoms with Crippen molar-refractivity contribution in [3.8, 4) is 17.6 Å². The van der Waals surface area contributed by atoms with Crippen LogP contribution in [0.5, 0.6) is 5.75 Å². The van der Waals surface area contributed by atoms with Crippen molar-refractivity contribution in [3.63, 3.8) is 0 Å². The standard InChI is InChI=1S/C17H12F4O/c1-11-8-12(5-7-16(11)22-17(20)21)2-3-13-4-6-15(19)14(9-13)10-18/h4-9,17H,10H2,1H3. The van der Waals surface area contributed by atoms with E-state index < -0.39 is 19.1 Å². The van der Waals surface area contributed by atoms with E-state index in [4.69, 9.17) is 0 Å². The van der Waals surface area contributed by atoms with Crippen LogP contribution in [0, 0.1) is 24.6 Å². The molecule has 0 aliphatic carbocycles. The van der Waals surface area contributed by atoms with Crippen molar-refractivity contribution < 1.29 is 22.3 Å². The van der Waals surface area contributed by atoms with E-state index in [2.05, 4.69) is 16.6 Å². The minimum atomic E-state index is -2.88. The quantitative estimate of drug-likeness (QED) is 0.594. The summed E-state index contributed by atoms with van der Waals surface area (Å²) in [6.07, 6.45) is 0. The fourth-order valence-electron chi connectivity index (χ4n) is 1.85. The topological polar surface area (TPSA) is 9.23 Å². The number of hydrogen-bond acceptors (Lipinski definition) is 1. The number of aryl methyl sites for hydroxylation is 1. The van der Waals surface area contributed by atoms with Crippen molar-refractivity contribution in [1.29, 1.82) is 0 Å². The van der Waals surface area contributed by atoms with Gasteiger partial charge < -0.3 is 4.74 Å². The lowest BCUT2D eigenvalue weighted by molar-refractivity contribution is -0.0502. The Hall–Kier alpha value is -2.48. The number of hydrogen-bond donors (Lipinski definition) is 0. The first kappa shape index (κ1) is 15.9. The Balaban J connectivity index is 2.23. The molecule has 0 amide bonds. The Labute approximate surface area is 125 Å². The summed E-state index contributed by atoms with van der Waals surface area (Å²) in [6, 6.07) is 8.49. The molecule has 0 spiro atoms. The molecule has 0 bridgehead atoms. The lowest BCUT2D eigenvalue weighted by atomic mass is 10.1. The zero-order chi connectivity index (χ0) is 16.1. The molecule has 0 N–H and O–H groups in total. The molecule has 114 valence electrons. The summed E-state index contributed by atoms with van der Waals surface area (Å²) in [6.45, 7) is -2.16. The second-order valence-electron chi connectivity index (χ2n) is 4.55. The molecule has 2 rings (SSSR count). The molecule has 5 heteroatoms. The molecule has 0 heterocycles. The molecule has 0 unspecified atom stereocenters. The number of ether oxygens (including phenoxy) is 1. The van der Waals surface area contributed by atoms with Crippen molar-refractivity contribution in [2.75, 3.05) is 0 Å². The number of halogens is 4. The fourth-order valence-corrected chi connectivity index (χ4v) is 1.85. The van der Waals surface area contributed by atoms with E-state index in [0.29, 0.717) is 16.7 Å². The molecule has 0 saturated heterocycles. The molecule has 0 fully saturated rings. The molecular formula is C17H12F4O. The predicted octanol–water partition coefficient (Wildman–Crippen LogP) is 4.60. The van der Waals surface area contributed by atoms with E-state index in [1.807, 2.05) is 0 Å². The molecule has 0 aromatic heterocycles. The van der Waals surface area contributed by atoms with Gasteiger partial charge in [0.2, 0.25) is 0 Å². The van der Waals surface area contributed by atoms with Gasteiger partial charge in [-0.2, -0.15) is 8.78 Å². The number of rotatable bonds is 3. The van der Waals surface area contributed by atoms with Crippen molar-refractivity contribution in [1.82, 2.24) is 0 Å². The van der Waals surface area contributed by atoms with Gasteiger partial charge in [-0.15, -0.1) is 0 Å². The minimum Gasteiger partial charge on any atom is -0.435 e. The third-order valence-corrected chi connectivity index (χ3v) is 2.93. The summed E-state index contributed by atoms with van der Waals surface area (Å²) in [5.74, 6) is 5.06. The molecule has 0 aliphatic heterocycles. The zero-order valence-corrected chi connectivity index (χ0v) is 11.7. The van der Waals surface area contributed by atoms with Gasteiger partial charge >= 0.3 is 6.61 Å². The van der Waals surface area contributed by atoms with Crippen LogP contribution < -0.4 is 4.74 Å². The second-order valence-corrected chi connectivity index (χ2v) is 4.55. The van der Waals surface area contributed by atoms with Crippen LogP contribution in [0.3, 0.4) is 0 Å². The molecule has 0 saturated carbocycles. The second kappa shape index (κ2) is 6.99. The van der Waals surface area contributed by atoms with E-state index in [9.17, 15) is 17.6 Å². The van der Waals surface area contributed by atoms with Crippen molar-refractivity contribution in [3.05, 3.63) is 64.5 Å². The number of alkyl halides is 3. The Bertz CT molecular complexity index is 729. The summed E-state index contributed by atoms with van der Waals surface area (Å²) in [4.78, 5) is 0. The summed E-state index contributed by atoms with van der Waals surface area (Å²) < 4.78 is 54.4. The van der Waals surface area contributed by atoms with Crippen LogP contribution >= 0.6 is 0 Å². The predicted molar refractivity (Wildman–Crippen MR) is 75.0 cm³/mol. The highest BCUT2D eigenvalue weighted by Crippen LogP contribution is 2.21. The normalized spacial score (nSPS) is 10.3. The largest absolute Gasteiger partial charge is 0.435 e. The zero-order valence-electron chi connectivity index (χ0n) is 11.7. The van der Waals surface area contributed by atoms with Crippen LogP contribution in [0.25, 0.3) is 0 Å². The van der Waals surface area contributed by atoms with Gasteiger partial charge in [-0.25, -0.2) is 8.78 Å². The molecule has 0 aliphatic rings. The van der Waals surface area contributed by atoms with Crippen LogP contribution in [0.1, 0.15) is 22.3 Å². The van der Waals surface area contributed by atoms with E-state index in [-0.39, 0.29) is 11.3 Å². The van der Waals surface area contributed by atoms with Crippen LogP contribution in [0.2, 0.25) is 0 Å². The van der Waals surface area contributed by atoms with Gasteiger partial charge in [0.05, 0.1) is 0 Å². The maximum atomic E-state index is 13.2. The molecule has 2 aromatic carbocycles. The lowest BCUT2D eigenvalue weighted by Crippen LogP contribution is -2.03. The Kier molecular flexibility index (Phi) is 5.05.